The minimum atomic E-state index is 0.160. The van der Waals surface area contributed by atoms with Crippen molar-refractivity contribution < 1.29 is 9.53 Å². The maximum absolute atomic E-state index is 12.1. The monoisotopic (exact) mass is 248 g/mol. The summed E-state index contributed by atoms with van der Waals surface area (Å²) in [6.45, 7) is 4.25. The van der Waals surface area contributed by atoms with Crippen LogP contribution in [0.15, 0.2) is 30.3 Å². The van der Waals surface area contributed by atoms with Crippen molar-refractivity contribution in [3.8, 4) is 0 Å². The number of benzene rings is 1. The van der Waals surface area contributed by atoms with Crippen molar-refractivity contribution in [2.24, 2.45) is 0 Å². The van der Waals surface area contributed by atoms with Crippen LogP contribution in [0, 0.1) is 0 Å². The van der Waals surface area contributed by atoms with Crippen LogP contribution in [0.5, 0.6) is 0 Å². The van der Waals surface area contributed by atoms with E-state index >= 15 is 0 Å². The number of hydrogen-bond acceptors (Lipinski definition) is 3. The van der Waals surface area contributed by atoms with E-state index in [-0.39, 0.29) is 5.91 Å². The molecule has 18 heavy (non-hydrogen) atoms. The van der Waals surface area contributed by atoms with Crippen LogP contribution >= 0.6 is 0 Å². The summed E-state index contributed by atoms with van der Waals surface area (Å²) < 4.78 is 5.29. The van der Waals surface area contributed by atoms with Crippen LogP contribution in [0.3, 0.4) is 0 Å². The van der Waals surface area contributed by atoms with E-state index in [2.05, 4.69) is 4.90 Å². The van der Waals surface area contributed by atoms with Crippen LogP contribution < -0.4 is 4.90 Å². The van der Waals surface area contributed by atoms with Gasteiger partial charge in [-0.15, -0.1) is 0 Å². The van der Waals surface area contributed by atoms with Gasteiger partial charge in [0, 0.05) is 38.8 Å². The van der Waals surface area contributed by atoms with E-state index in [0.29, 0.717) is 6.42 Å². The molecule has 1 aliphatic rings. The molecule has 2 rings (SSSR count). The number of amides is 1. The third kappa shape index (κ3) is 3.55. The van der Waals surface area contributed by atoms with Gasteiger partial charge in [0.2, 0.25) is 5.91 Å². The first kappa shape index (κ1) is 13.1. The molecule has 4 nitrogen and oxygen atoms in total. The molecule has 0 unspecified atom stereocenters. The van der Waals surface area contributed by atoms with Gasteiger partial charge in [-0.05, 0) is 12.1 Å². The Morgan fingerprint density at radius 1 is 1.28 bits per heavy atom. The van der Waals surface area contributed by atoms with Gasteiger partial charge in [0.15, 0.2) is 0 Å². The smallest absolute Gasteiger partial charge is 0.228 e. The molecule has 0 saturated carbocycles. The van der Waals surface area contributed by atoms with Gasteiger partial charge >= 0.3 is 0 Å². The molecular formula is C14H20N2O2. The van der Waals surface area contributed by atoms with Gasteiger partial charge in [0.1, 0.15) is 0 Å². The summed E-state index contributed by atoms with van der Waals surface area (Å²) in [7, 11) is 1.83. The quantitative estimate of drug-likeness (QED) is 0.807. The molecule has 0 atom stereocenters. The molecule has 4 heteroatoms. The summed E-state index contributed by atoms with van der Waals surface area (Å²) in [6, 6.07) is 9.75. The maximum Gasteiger partial charge on any atom is 0.228 e. The van der Waals surface area contributed by atoms with Crippen molar-refractivity contribution >= 4 is 11.6 Å². The summed E-state index contributed by atoms with van der Waals surface area (Å²) in [5.41, 5.74) is 0.949. The number of ether oxygens (including phenoxy) is 1. The predicted octanol–water partition coefficient (Wildman–Crippen LogP) is 1.37. The lowest BCUT2D eigenvalue weighted by atomic mass is 10.2. The highest BCUT2D eigenvalue weighted by Crippen LogP contribution is 2.12. The number of carbonyl (C=O) groups is 1. The van der Waals surface area contributed by atoms with Crippen LogP contribution in [0.2, 0.25) is 0 Å². The fourth-order valence-electron chi connectivity index (χ4n) is 2.04. The lowest BCUT2D eigenvalue weighted by Crippen LogP contribution is -2.39. The Balaban J connectivity index is 1.80. The van der Waals surface area contributed by atoms with E-state index in [9.17, 15) is 4.79 Å². The molecule has 1 aromatic rings. The van der Waals surface area contributed by atoms with Gasteiger partial charge in [0.05, 0.1) is 13.2 Å². The number of rotatable bonds is 4. The maximum atomic E-state index is 12.1. The van der Waals surface area contributed by atoms with Crippen molar-refractivity contribution in [3.63, 3.8) is 0 Å². The Hall–Kier alpha value is -1.39. The zero-order valence-electron chi connectivity index (χ0n) is 10.8. The lowest BCUT2D eigenvalue weighted by molar-refractivity contribution is -0.118. The van der Waals surface area contributed by atoms with E-state index < -0.39 is 0 Å². The first-order valence-electron chi connectivity index (χ1n) is 6.39. The highest BCUT2D eigenvalue weighted by Gasteiger charge is 2.14. The topological polar surface area (TPSA) is 32.8 Å². The fraction of sp³-hybridized carbons (Fsp3) is 0.500. The van der Waals surface area contributed by atoms with Crippen molar-refractivity contribution in [1.29, 1.82) is 0 Å². The summed E-state index contributed by atoms with van der Waals surface area (Å²) in [4.78, 5) is 16.1. The second-order valence-electron chi connectivity index (χ2n) is 4.49. The molecule has 0 spiro atoms. The first-order valence-corrected chi connectivity index (χ1v) is 6.39. The zero-order chi connectivity index (χ0) is 12.8. The van der Waals surface area contributed by atoms with Crippen LogP contribution in [0.1, 0.15) is 6.42 Å². The molecule has 98 valence electrons. The largest absolute Gasteiger partial charge is 0.379 e. The lowest BCUT2D eigenvalue weighted by Gasteiger charge is -2.27. The van der Waals surface area contributed by atoms with Crippen LogP contribution in [-0.2, 0) is 9.53 Å². The Labute approximate surface area is 108 Å². The van der Waals surface area contributed by atoms with E-state index in [4.69, 9.17) is 4.74 Å². The van der Waals surface area contributed by atoms with Crippen LogP contribution in [-0.4, -0.2) is 50.7 Å². The number of carbonyl (C=O) groups excluding carboxylic acids is 1. The van der Waals surface area contributed by atoms with Gasteiger partial charge < -0.3 is 9.64 Å². The van der Waals surface area contributed by atoms with Crippen LogP contribution in [0.25, 0.3) is 0 Å². The fourth-order valence-corrected chi connectivity index (χ4v) is 2.04. The standard InChI is InChI=1S/C14H20N2O2/c1-15(13-5-3-2-4-6-13)14(17)7-8-16-9-11-18-12-10-16/h2-6H,7-12H2,1H3. The van der Waals surface area contributed by atoms with E-state index in [1.165, 1.54) is 0 Å². The van der Waals surface area contributed by atoms with Gasteiger partial charge in [-0.1, -0.05) is 18.2 Å². The average molecular weight is 248 g/mol. The van der Waals surface area contributed by atoms with Gasteiger partial charge in [-0.2, -0.15) is 0 Å². The molecule has 1 heterocycles. The van der Waals surface area contributed by atoms with Crippen molar-refractivity contribution in [2.45, 2.75) is 6.42 Å². The van der Waals surface area contributed by atoms with Crippen molar-refractivity contribution in [1.82, 2.24) is 4.90 Å². The molecular weight excluding hydrogens is 228 g/mol. The average Bonchev–Trinajstić information content (AvgIpc) is 2.46. The number of para-hydroxylation sites is 1. The van der Waals surface area contributed by atoms with Crippen molar-refractivity contribution in [2.75, 3.05) is 44.8 Å². The molecule has 1 aromatic carbocycles. The second kappa shape index (κ2) is 6.52. The second-order valence-corrected chi connectivity index (χ2v) is 4.49. The first-order chi connectivity index (χ1) is 8.77. The molecule has 0 N–H and O–H groups in total. The van der Waals surface area contributed by atoms with Gasteiger partial charge in [-0.25, -0.2) is 0 Å². The Bertz CT molecular complexity index is 375. The SMILES string of the molecule is CN(C(=O)CCN1CCOCC1)c1ccccc1. The highest BCUT2D eigenvalue weighted by molar-refractivity contribution is 5.92. The number of nitrogens with zero attached hydrogens (tertiary/aromatic N) is 2. The molecule has 1 fully saturated rings. The molecule has 0 bridgehead atoms. The minimum absolute atomic E-state index is 0.160. The Morgan fingerprint density at radius 3 is 2.61 bits per heavy atom. The summed E-state index contributed by atoms with van der Waals surface area (Å²) in [6.07, 6.45) is 0.561. The summed E-state index contributed by atoms with van der Waals surface area (Å²) in [5.74, 6) is 0.160. The number of morpholine rings is 1. The minimum Gasteiger partial charge on any atom is -0.379 e. The van der Waals surface area contributed by atoms with Gasteiger partial charge in [0.25, 0.3) is 0 Å². The van der Waals surface area contributed by atoms with Gasteiger partial charge in [-0.3, -0.25) is 9.69 Å². The third-order valence-corrected chi connectivity index (χ3v) is 3.26. The van der Waals surface area contributed by atoms with Crippen molar-refractivity contribution in [3.05, 3.63) is 30.3 Å². The molecule has 1 saturated heterocycles. The Morgan fingerprint density at radius 2 is 1.94 bits per heavy atom. The highest BCUT2D eigenvalue weighted by atomic mass is 16.5. The Kier molecular flexibility index (Phi) is 4.73. The van der Waals surface area contributed by atoms with Crippen LogP contribution in [0.4, 0.5) is 5.69 Å². The zero-order valence-corrected chi connectivity index (χ0v) is 10.8. The normalized spacial score (nSPS) is 16.5. The van der Waals surface area contributed by atoms with E-state index in [0.717, 1.165) is 38.5 Å². The molecule has 0 radical (unpaired) electrons. The van der Waals surface area contributed by atoms with E-state index in [1.807, 2.05) is 37.4 Å². The summed E-state index contributed by atoms with van der Waals surface area (Å²) in [5, 5.41) is 0. The molecule has 0 aliphatic carbocycles. The molecule has 1 amide bonds. The third-order valence-electron chi connectivity index (χ3n) is 3.26. The number of hydrogen-bond donors (Lipinski definition) is 0. The molecule has 0 aromatic heterocycles. The predicted molar refractivity (Wildman–Crippen MR) is 71.7 cm³/mol. The number of anilines is 1. The summed E-state index contributed by atoms with van der Waals surface area (Å²) >= 11 is 0. The molecule has 1 aliphatic heterocycles. The van der Waals surface area contributed by atoms with E-state index in [1.54, 1.807) is 4.90 Å².